The molecule has 1 rings (SSSR count). The van der Waals surface area contributed by atoms with E-state index in [1.807, 2.05) is 38.0 Å². The van der Waals surface area contributed by atoms with E-state index in [1.54, 1.807) is 0 Å². The van der Waals surface area contributed by atoms with Gasteiger partial charge in [-0.15, -0.1) is 17.0 Å². The van der Waals surface area contributed by atoms with Crippen LogP contribution >= 0.6 is 17.0 Å². The zero-order chi connectivity index (χ0) is 8.69. The van der Waals surface area contributed by atoms with E-state index in [4.69, 9.17) is 9.90 Å². The second kappa shape index (κ2) is 8.43. The van der Waals surface area contributed by atoms with E-state index in [9.17, 15) is 0 Å². The van der Waals surface area contributed by atoms with Gasteiger partial charge in [-0.2, -0.15) is 0 Å². The first-order chi connectivity index (χ1) is 5.34. The van der Waals surface area contributed by atoms with E-state index >= 15 is 0 Å². The zero-order valence-electron chi connectivity index (χ0n) is 6.99. The molecule has 0 atom stereocenters. The van der Waals surface area contributed by atoms with Gasteiger partial charge in [0, 0.05) is 0 Å². The molecule has 0 aliphatic heterocycles. The van der Waals surface area contributed by atoms with Gasteiger partial charge in [-0.05, 0) is 18.1 Å². The monoisotopic (exact) mass is 232 g/mol. The van der Waals surface area contributed by atoms with Crippen LogP contribution in [0.15, 0.2) is 24.3 Å². The van der Waals surface area contributed by atoms with Gasteiger partial charge in [-0.1, -0.05) is 24.3 Å². The van der Waals surface area contributed by atoms with Crippen molar-refractivity contribution in [3.63, 3.8) is 0 Å². The van der Waals surface area contributed by atoms with Crippen molar-refractivity contribution >= 4 is 23.8 Å². The fourth-order valence-corrected chi connectivity index (χ4v) is 0.787. The highest BCUT2D eigenvalue weighted by molar-refractivity contribution is 8.93. The Bertz CT molecular complexity index is 213. The molecule has 68 valence electrons. The number of hydrogen-bond donors (Lipinski definition) is 1. The maximum atomic E-state index is 8.72. The maximum absolute atomic E-state index is 8.72. The van der Waals surface area contributed by atoms with Gasteiger partial charge in [0.05, 0.1) is 6.61 Å². The van der Waals surface area contributed by atoms with Crippen LogP contribution in [-0.2, 0) is 11.4 Å². The summed E-state index contributed by atoms with van der Waals surface area (Å²) in [6.07, 6.45) is 0. The van der Waals surface area contributed by atoms with E-state index in [0.717, 1.165) is 11.1 Å². The molecule has 0 bridgehead atoms. The highest BCUT2D eigenvalue weighted by Crippen LogP contribution is 2.05. The first-order valence-corrected chi connectivity index (χ1v) is 3.29. The average molecular weight is 233 g/mol. The van der Waals surface area contributed by atoms with Crippen molar-refractivity contribution in [3.05, 3.63) is 35.4 Å². The van der Waals surface area contributed by atoms with Crippen LogP contribution in [0.2, 0.25) is 0 Å². The summed E-state index contributed by atoms with van der Waals surface area (Å²) in [6.45, 7) is 4.14. The molecule has 0 unspecified atom stereocenters. The Morgan fingerprint density at radius 1 is 1.33 bits per heavy atom. The molecule has 1 aromatic carbocycles. The average Bonchev–Trinajstić information content (AvgIpc) is 2.09. The molecule has 0 heterocycles. The van der Waals surface area contributed by atoms with Crippen molar-refractivity contribution in [1.82, 2.24) is 0 Å². The van der Waals surface area contributed by atoms with E-state index in [-0.39, 0.29) is 23.6 Å². The molecule has 1 aromatic rings. The molecule has 3 heteroatoms. The molecule has 0 spiro atoms. The van der Waals surface area contributed by atoms with Crippen LogP contribution < -0.4 is 0 Å². The summed E-state index contributed by atoms with van der Waals surface area (Å²) in [4.78, 5) is 8.00. The number of hydrogen-bond acceptors (Lipinski definition) is 2. The topological polar surface area (TPSA) is 37.3 Å². The van der Waals surface area contributed by atoms with E-state index < -0.39 is 0 Å². The number of rotatable bonds is 1. The van der Waals surface area contributed by atoms with Crippen molar-refractivity contribution < 1.29 is 9.90 Å². The lowest BCUT2D eigenvalue weighted by Gasteiger charge is -1.97. The molecular formula is C9H13BrO2. The van der Waals surface area contributed by atoms with Crippen LogP contribution in [0.5, 0.6) is 0 Å². The minimum Gasteiger partial charge on any atom is -0.392 e. The van der Waals surface area contributed by atoms with Gasteiger partial charge in [0.2, 0.25) is 0 Å². The highest BCUT2D eigenvalue weighted by atomic mass is 79.9. The third-order valence-corrected chi connectivity index (χ3v) is 1.43. The molecule has 12 heavy (non-hydrogen) atoms. The molecule has 0 saturated heterocycles. The molecule has 0 amide bonds. The van der Waals surface area contributed by atoms with Crippen LogP contribution in [-0.4, -0.2) is 11.9 Å². The van der Waals surface area contributed by atoms with Gasteiger partial charge in [0.1, 0.15) is 6.79 Å². The molecule has 2 nitrogen and oxygen atoms in total. The Morgan fingerprint density at radius 3 is 2.17 bits per heavy atom. The lowest BCUT2D eigenvalue weighted by Crippen LogP contribution is -1.85. The fourth-order valence-electron chi connectivity index (χ4n) is 0.787. The summed E-state index contributed by atoms with van der Waals surface area (Å²) in [5.74, 6) is 0. The minimum absolute atomic E-state index is 0. The normalized spacial score (nSPS) is 7.50. The number of aryl methyl sites for hydroxylation is 1. The third kappa shape index (κ3) is 4.26. The zero-order valence-corrected chi connectivity index (χ0v) is 8.70. The van der Waals surface area contributed by atoms with Crippen LogP contribution in [0.3, 0.4) is 0 Å². The second-order valence-electron chi connectivity index (χ2n) is 2.08. The smallest absolute Gasteiger partial charge is 0.106 e. The molecule has 0 aliphatic rings. The number of carbonyl (C=O) groups excluding carboxylic acids is 1. The van der Waals surface area contributed by atoms with Gasteiger partial charge in [0.25, 0.3) is 0 Å². The largest absolute Gasteiger partial charge is 0.392 e. The Hall–Kier alpha value is -0.670. The molecule has 0 fully saturated rings. The van der Waals surface area contributed by atoms with Crippen LogP contribution in [0.25, 0.3) is 0 Å². The van der Waals surface area contributed by atoms with Crippen molar-refractivity contribution in [2.75, 3.05) is 0 Å². The summed E-state index contributed by atoms with van der Waals surface area (Å²) >= 11 is 0. The maximum Gasteiger partial charge on any atom is 0.106 e. The van der Waals surface area contributed by atoms with E-state index in [1.165, 1.54) is 0 Å². The number of halogens is 1. The standard InChI is InChI=1S/C8H10O.CH2O.BrH/c1-7-4-2-3-5-8(7)6-9;1-2;/h2-5,9H,6H2,1H3;1H2;1H. The summed E-state index contributed by atoms with van der Waals surface area (Å²) in [7, 11) is 0. The third-order valence-electron chi connectivity index (χ3n) is 1.43. The summed E-state index contributed by atoms with van der Waals surface area (Å²) in [6, 6.07) is 7.81. The first-order valence-electron chi connectivity index (χ1n) is 3.29. The van der Waals surface area contributed by atoms with Crippen molar-refractivity contribution in [2.24, 2.45) is 0 Å². The summed E-state index contributed by atoms with van der Waals surface area (Å²) < 4.78 is 0. The molecule has 0 aromatic heterocycles. The van der Waals surface area contributed by atoms with E-state index in [0.29, 0.717) is 0 Å². The van der Waals surface area contributed by atoms with Crippen LogP contribution in [0, 0.1) is 6.92 Å². The van der Waals surface area contributed by atoms with Crippen LogP contribution in [0.1, 0.15) is 11.1 Å². The predicted octanol–water partition coefficient (Wildman–Crippen LogP) is 1.88. The lowest BCUT2D eigenvalue weighted by molar-refractivity contribution is -0.0979. The number of aliphatic hydroxyl groups excluding tert-OH is 1. The van der Waals surface area contributed by atoms with Gasteiger partial charge in [0.15, 0.2) is 0 Å². The van der Waals surface area contributed by atoms with Gasteiger partial charge in [-0.25, -0.2) is 0 Å². The Balaban J connectivity index is 0. The highest BCUT2D eigenvalue weighted by Gasteiger charge is 1.90. The quantitative estimate of drug-likeness (QED) is 0.804. The van der Waals surface area contributed by atoms with Gasteiger partial charge >= 0.3 is 0 Å². The van der Waals surface area contributed by atoms with Crippen molar-refractivity contribution in [1.29, 1.82) is 0 Å². The number of benzene rings is 1. The van der Waals surface area contributed by atoms with Gasteiger partial charge in [-0.3, -0.25) is 0 Å². The molecule has 1 N–H and O–H groups in total. The molecular weight excluding hydrogens is 220 g/mol. The Labute approximate surface area is 83.0 Å². The fraction of sp³-hybridized carbons (Fsp3) is 0.222. The lowest BCUT2D eigenvalue weighted by atomic mass is 10.1. The Morgan fingerprint density at radius 2 is 1.83 bits per heavy atom. The van der Waals surface area contributed by atoms with Gasteiger partial charge < -0.3 is 9.90 Å². The number of aliphatic hydroxyl groups is 1. The molecule has 0 saturated carbocycles. The second-order valence-corrected chi connectivity index (χ2v) is 2.08. The predicted molar refractivity (Wildman–Crippen MR) is 54.5 cm³/mol. The minimum atomic E-state index is 0. The van der Waals surface area contributed by atoms with Crippen molar-refractivity contribution in [3.8, 4) is 0 Å². The summed E-state index contributed by atoms with van der Waals surface area (Å²) in [5.41, 5.74) is 2.16. The van der Waals surface area contributed by atoms with Crippen LogP contribution in [0.4, 0.5) is 0 Å². The summed E-state index contributed by atoms with van der Waals surface area (Å²) in [5, 5.41) is 8.72. The molecule has 0 radical (unpaired) electrons. The number of carbonyl (C=O) groups is 1. The van der Waals surface area contributed by atoms with Crippen molar-refractivity contribution in [2.45, 2.75) is 13.5 Å². The Kier molecular flexibility index (Phi) is 9.75. The first kappa shape index (κ1) is 13.9. The van der Waals surface area contributed by atoms with E-state index in [2.05, 4.69) is 0 Å². The SMILES string of the molecule is Br.C=O.Cc1ccccc1CO. The molecule has 0 aliphatic carbocycles.